The molecule has 4 nitrogen and oxygen atoms in total. The molecule has 0 aromatic heterocycles. The van der Waals surface area contributed by atoms with Crippen LogP contribution in [0.4, 0.5) is 0 Å². The lowest BCUT2D eigenvalue weighted by Gasteiger charge is -2.40. The van der Waals surface area contributed by atoms with Crippen molar-refractivity contribution in [3.05, 3.63) is 0 Å². The first-order valence-electron chi connectivity index (χ1n) is 5.23. The van der Waals surface area contributed by atoms with Gasteiger partial charge in [-0.15, -0.1) is 0 Å². The highest BCUT2D eigenvalue weighted by atomic mass is 32.2. The standard InChI is InChI=1S/C9H20N2O2S/c1-2-14(12,13)7-3-5-11-6-4-9(11)8-10/h9H,2-8,10H2,1H3. The summed E-state index contributed by atoms with van der Waals surface area (Å²) in [6, 6.07) is 0.499. The summed E-state index contributed by atoms with van der Waals surface area (Å²) in [7, 11) is -2.78. The van der Waals surface area contributed by atoms with Crippen LogP contribution in [0.5, 0.6) is 0 Å². The number of hydrogen-bond acceptors (Lipinski definition) is 4. The third-order valence-electron chi connectivity index (χ3n) is 2.88. The molecule has 2 N–H and O–H groups in total. The Kier molecular flexibility index (Phi) is 4.34. The van der Waals surface area contributed by atoms with Gasteiger partial charge in [-0.1, -0.05) is 6.92 Å². The first-order valence-corrected chi connectivity index (χ1v) is 7.05. The molecule has 1 fully saturated rings. The quantitative estimate of drug-likeness (QED) is 0.676. The summed E-state index contributed by atoms with van der Waals surface area (Å²) < 4.78 is 22.4. The molecule has 0 spiro atoms. The van der Waals surface area contributed by atoms with Gasteiger partial charge in [0.25, 0.3) is 0 Å². The van der Waals surface area contributed by atoms with Crippen LogP contribution < -0.4 is 5.73 Å². The SMILES string of the molecule is CCS(=O)(=O)CCCN1CCC1CN. The lowest BCUT2D eigenvalue weighted by atomic mass is 10.0. The fraction of sp³-hybridized carbons (Fsp3) is 1.00. The highest BCUT2D eigenvalue weighted by molar-refractivity contribution is 7.91. The van der Waals surface area contributed by atoms with Gasteiger partial charge in [-0.05, 0) is 19.4 Å². The maximum Gasteiger partial charge on any atom is 0.150 e. The van der Waals surface area contributed by atoms with E-state index >= 15 is 0 Å². The van der Waals surface area contributed by atoms with Crippen LogP contribution in [0.1, 0.15) is 19.8 Å². The molecule has 0 bridgehead atoms. The molecule has 1 aliphatic heterocycles. The van der Waals surface area contributed by atoms with Gasteiger partial charge < -0.3 is 5.73 Å². The zero-order chi connectivity index (χ0) is 10.6. The number of nitrogens with zero attached hydrogens (tertiary/aromatic N) is 1. The van der Waals surface area contributed by atoms with Crippen LogP contribution in [0.15, 0.2) is 0 Å². The van der Waals surface area contributed by atoms with Gasteiger partial charge >= 0.3 is 0 Å². The minimum atomic E-state index is -2.78. The Morgan fingerprint density at radius 3 is 2.64 bits per heavy atom. The largest absolute Gasteiger partial charge is 0.329 e. The molecule has 0 radical (unpaired) electrons. The topological polar surface area (TPSA) is 63.4 Å². The smallest absolute Gasteiger partial charge is 0.150 e. The predicted molar refractivity (Wildman–Crippen MR) is 58.0 cm³/mol. The Bertz CT molecular complexity index is 262. The molecule has 1 saturated heterocycles. The monoisotopic (exact) mass is 220 g/mol. The summed E-state index contributed by atoms with van der Waals surface area (Å²) in [5.41, 5.74) is 5.55. The normalized spacial score (nSPS) is 23.4. The molecule has 0 aromatic rings. The van der Waals surface area contributed by atoms with Gasteiger partial charge in [0.1, 0.15) is 9.84 Å². The van der Waals surface area contributed by atoms with Crippen molar-refractivity contribution in [3.63, 3.8) is 0 Å². The van der Waals surface area contributed by atoms with Gasteiger partial charge in [-0.3, -0.25) is 4.90 Å². The maximum atomic E-state index is 11.2. The van der Waals surface area contributed by atoms with E-state index in [1.165, 1.54) is 0 Å². The van der Waals surface area contributed by atoms with Crippen molar-refractivity contribution in [1.82, 2.24) is 4.90 Å². The van der Waals surface area contributed by atoms with E-state index in [-0.39, 0.29) is 5.75 Å². The van der Waals surface area contributed by atoms with E-state index in [0.717, 1.165) is 25.9 Å². The summed E-state index contributed by atoms with van der Waals surface area (Å²) in [6.45, 7) is 4.34. The summed E-state index contributed by atoms with van der Waals surface area (Å²) in [4.78, 5) is 2.27. The van der Waals surface area contributed by atoms with E-state index in [1.54, 1.807) is 6.92 Å². The van der Waals surface area contributed by atoms with Gasteiger partial charge in [0.05, 0.1) is 5.75 Å². The highest BCUT2D eigenvalue weighted by Crippen LogP contribution is 2.15. The molecule has 5 heteroatoms. The van der Waals surface area contributed by atoms with E-state index in [1.807, 2.05) is 0 Å². The zero-order valence-electron chi connectivity index (χ0n) is 8.78. The lowest BCUT2D eigenvalue weighted by molar-refractivity contribution is 0.0975. The maximum absolute atomic E-state index is 11.2. The summed E-state index contributed by atoms with van der Waals surface area (Å²) >= 11 is 0. The first-order chi connectivity index (χ1) is 6.59. The van der Waals surface area contributed by atoms with Crippen LogP contribution in [-0.4, -0.2) is 50.5 Å². The molecule has 84 valence electrons. The van der Waals surface area contributed by atoms with Crippen molar-refractivity contribution < 1.29 is 8.42 Å². The molecule has 0 aromatic carbocycles. The molecular weight excluding hydrogens is 200 g/mol. The van der Waals surface area contributed by atoms with Gasteiger partial charge in [0.2, 0.25) is 0 Å². The van der Waals surface area contributed by atoms with Crippen LogP contribution in [0, 0.1) is 0 Å². The molecular formula is C9H20N2O2S. The molecule has 1 atom stereocenters. The van der Waals surface area contributed by atoms with Crippen LogP contribution in [0.3, 0.4) is 0 Å². The van der Waals surface area contributed by atoms with Crippen molar-refractivity contribution in [2.24, 2.45) is 5.73 Å². The third-order valence-corrected chi connectivity index (χ3v) is 4.67. The van der Waals surface area contributed by atoms with Crippen LogP contribution >= 0.6 is 0 Å². The molecule has 0 saturated carbocycles. The van der Waals surface area contributed by atoms with Gasteiger partial charge in [0.15, 0.2) is 0 Å². The van der Waals surface area contributed by atoms with Crippen molar-refractivity contribution in [2.75, 3.05) is 31.1 Å². The van der Waals surface area contributed by atoms with E-state index < -0.39 is 9.84 Å². The minimum Gasteiger partial charge on any atom is -0.329 e. The Morgan fingerprint density at radius 2 is 2.21 bits per heavy atom. The predicted octanol–water partition coefficient (Wildman–Crippen LogP) is -0.156. The molecule has 0 aliphatic carbocycles. The van der Waals surface area contributed by atoms with Crippen LogP contribution in [0.25, 0.3) is 0 Å². The molecule has 0 amide bonds. The summed E-state index contributed by atoms with van der Waals surface area (Å²) in [5.74, 6) is 0.574. The number of likely N-dealkylation sites (tertiary alicyclic amines) is 1. The minimum absolute atomic E-state index is 0.257. The fourth-order valence-corrected chi connectivity index (χ4v) is 2.55. The second-order valence-corrected chi connectivity index (χ2v) is 6.28. The second-order valence-electron chi connectivity index (χ2n) is 3.80. The number of hydrogen-bond donors (Lipinski definition) is 1. The average molecular weight is 220 g/mol. The Hall–Kier alpha value is -0.130. The van der Waals surface area contributed by atoms with Gasteiger partial charge in [-0.2, -0.15) is 0 Å². The van der Waals surface area contributed by atoms with Crippen LogP contribution in [0.2, 0.25) is 0 Å². The van der Waals surface area contributed by atoms with E-state index in [0.29, 0.717) is 18.3 Å². The van der Waals surface area contributed by atoms with Crippen molar-refractivity contribution in [2.45, 2.75) is 25.8 Å². The fourth-order valence-electron chi connectivity index (χ4n) is 1.69. The first kappa shape index (κ1) is 11.9. The molecule has 1 heterocycles. The van der Waals surface area contributed by atoms with Crippen molar-refractivity contribution in [3.8, 4) is 0 Å². The molecule has 14 heavy (non-hydrogen) atoms. The molecule has 1 rings (SSSR count). The number of rotatable bonds is 6. The van der Waals surface area contributed by atoms with Crippen molar-refractivity contribution >= 4 is 9.84 Å². The summed E-state index contributed by atoms with van der Waals surface area (Å²) in [5, 5.41) is 0. The average Bonchev–Trinajstić information content (AvgIpc) is 2.11. The number of sulfone groups is 1. The Morgan fingerprint density at radius 1 is 1.50 bits per heavy atom. The molecule has 1 aliphatic rings. The van der Waals surface area contributed by atoms with E-state index in [4.69, 9.17) is 5.73 Å². The number of nitrogens with two attached hydrogens (primary N) is 1. The van der Waals surface area contributed by atoms with Gasteiger partial charge in [-0.25, -0.2) is 8.42 Å². The Balaban J connectivity index is 2.16. The summed E-state index contributed by atoms with van der Waals surface area (Å²) in [6.07, 6.45) is 1.91. The lowest BCUT2D eigenvalue weighted by Crippen LogP contribution is -2.52. The van der Waals surface area contributed by atoms with Crippen molar-refractivity contribution in [1.29, 1.82) is 0 Å². The van der Waals surface area contributed by atoms with E-state index in [2.05, 4.69) is 4.90 Å². The third kappa shape index (κ3) is 3.22. The Labute approximate surface area is 86.4 Å². The molecule has 1 unspecified atom stereocenters. The van der Waals surface area contributed by atoms with E-state index in [9.17, 15) is 8.42 Å². The second kappa shape index (κ2) is 5.09. The van der Waals surface area contributed by atoms with Crippen LogP contribution in [-0.2, 0) is 9.84 Å². The zero-order valence-corrected chi connectivity index (χ0v) is 9.59. The van der Waals surface area contributed by atoms with Gasteiger partial charge in [0, 0.05) is 24.9 Å². The highest BCUT2D eigenvalue weighted by Gasteiger charge is 2.25.